The zero-order valence-electron chi connectivity index (χ0n) is 11.9. The van der Waals surface area contributed by atoms with Gasteiger partial charge in [-0.2, -0.15) is 0 Å². The second kappa shape index (κ2) is 7.13. The van der Waals surface area contributed by atoms with Crippen molar-refractivity contribution in [3.05, 3.63) is 52.5 Å². The molecular formula is C16H16BrNO3. The maximum Gasteiger partial charge on any atom is 0.262 e. The Morgan fingerprint density at radius 2 is 1.95 bits per heavy atom. The highest BCUT2D eigenvalue weighted by molar-refractivity contribution is 9.10. The molecule has 0 aliphatic rings. The van der Waals surface area contributed by atoms with Crippen molar-refractivity contribution >= 4 is 27.5 Å². The lowest BCUT2D eigenvalue weighted by atomic mass is 10.2. The molecule has 0 aliphatic carbocycles. The summed E-state index contributed by atoms with van der Waals surface area (Å²) in [5, 5.41) is 2.82. The van der Waals surface area contributed by atoms with Gasteiger partial charge in [-0.25, -0.2) is 0 Å². The number of carbonyl (C=O) groups excluding carboxylic acids is 1. The van der Waals surface area contributed by atoms with Crippen LogP contribution in [-0.2, 0) is 4.79 Å². The molecular weight excluding hydrogens is 334 g/mol. The lowest BCUT2D eigenvalue weighted by Gasteiger charge is -2.10. The second-order valence-electron chi connectivity index (χ2n) is 4.48. The predicted molar refractivity (Wildman–Crippen MR) is 86.0 cm³/mol. The zero-order valence-corrected chi connectivity index (χ0v) is 13.4. The van der Waals surface area contributed by atoms with E-state index in [1.54, 1.807) is 19.2 Å². The van der Waals surface area contributed by atoms with Crippen molar-refractivity contribution in [2.45, 2.75) is 6.92 Å². The molecule has 1 amide bonds. The first-order valence-electron chi connectivity index (χ1n) is 6.41. The van der Waals surface area contributed by atoms with E-state index in [9.17, 15) is 4.79 Å². The van der Waals surface area contributed by atoms with Crippen LogP contribution in [0.2, 0.25) is 0 Å². The van der Waals surface area contributed by atoms with Crippen molar-refractivity contribution in [2.75, 3.05) is 19.0 Å². The van der Waals surface area contributed by atoms with Crippen LogP contribution in [0, 0.1) is 6.92 Å². The van der Waals surface area contributed by atoms with E-state index in [0.717, 1.165) is 15.7 Å². The maximum absolute atomic E-state index is 11.9. The summed E-state index contributed by atoms with van der Waals surface area (Å²) in [5.74, 6) is 1.08. The minimum absolute atomic E-state index is 0.0529. The molecule has 2 aromatic carbocycles. The molecule has 0 radical (unpaired) electrons. The van der Waals surface area contributed by atoms with Gasteiger partial charge in [-0.05, 0) is 42.8 Å². The second-order valence-corrected chi connectivity index (χ2v) is 5.39. The number of hydrogen-bond donors (Lipinski definition) is 1. The maximum atomic E-state index is 11.9. The Hall–Kier alpha value is -2.01. The average molecular weight is 350 g/mol. The monoisotopic (exact) mass is 349 g/mol. The van der Waals surface area contributed by atoms with Crippen molar-refractivity contribution in [3.63, 3.8) is 0 Å². The molecule has 0 heterocycles. The predicted octanol–water partition coefficient (Wildman–Crippen LogP) is 3.78. The number of ether oxygens (including phenoxy) is 2. The summed E-state index contributed by atoms with van der Waals surface area (Å²) in [6, 6.07) is 12.8. The van der Waals surface area contributed by atoms with Gasteiger partial charge in [0.05, 0.1) is 7.11 Å². The van der Waals surface area contributed by atoms with Gasteiger partial charge in [0.25, 0.3) is 5.91 Å². The zero-order chi connectivity index (χ0) is 15.2. The molecule has 21 heavy (non-hydrogen) atoms. The fraction of sp³-hybridized carbons (Fsp3) is 0.188. The van der Waals surface area contributed by atoms with Crippen molar-refractivity contribution < 1.29 is 14.3 Å². The number of benzene rings is 2. The summed E-state index contributed by atoms with van der Waals surface area (Å²) < 4.78 is 11.5. The minimum atomic E-state index is -0.205. The highest BCUT2D eigenvalue weighted by atomic mass is 79.9. The lowest BCUT2D eigenvalue weighted by Crippen LogP contribution is -2.20. The van der Waals surface area contributed by atoms with Gasteiger partial charge in [-0.1, -0.05) is 22.0 Å². The normalized spacial score (nSPS) is 10.0. The van der Waals surface area contributed by atoms with Crippen LogP contribution >= 0.6 is 15.9 Å². The van der Waals surface area contributed by atoms with Gasteiger partial charge in [0, 0.05) is 16.2 Å². The first kappa shape index (κ1) is 15.4. The highest BCUT2D eigenvalue weighted by Gasteiger charge is 2.06. The minimum Gasteiger partial charge on any atom is -0.497 e. The summed E-state index contributed by atoms with van der Waals surface area (Å²) in [4.78, 5) is 11.9. The van der Waals surface area contributed by atoms with Crippen molar-refractivity contribution in [3.8, 4) is 11.5 Å². The molecule has 2 aromatic rings. The standard InChI is InChI=1S/C16H16BrNO3/c1-11-8-12(17)6-7-15(11)18-16(19)10-21-14-5-3-4-13(9-14)20-2/h3-9H,10H2,1-2H3,(H,18,19). The smallest absolute Gasteiger partial charge is 0.262 e. The van der Waals surface area contributed by atoms with Crippen LogP contribution in [0.15, 0.2) is 46.9 Å². The van der Waals surface area contributed by atoms with Crippen LogP contribution in [0.3, 0.4) is 0 Å². The summed E-state index contributed by atoms with van der Waals surface area (Å²) in [6.07, 6.45) is 0. The first-order chi connectivity index (χ1) is 10.1. The lowest BCUT2D eigenvalue weighted by molar-refractivity contribution is -0.118. The Balaban J connectivity index is 1.92. The molecule has 0 unspecified atom stereocenters. The first-order valence-corrected chi connectivity index (χ1v) is 7.20. The SMILES string of the molecule is COc1cccc(OCC(=O)Nc2ccc(Br)cc2C)c1. The summed E-state index contributed by atoms with van der Waals surface area (Å²) in [7, 11) is 1.59. The molecule has 110 valence electrons. The Morgan fingerprint density at radius 1 is 1.19 bits per heavy atom. The molecule has 0 fully saturated rings. The van der Waals surface area contributed by atoms with Gasteiger partial charge in [0.2, 0.25) is 0 Å². The van der Waals surface area contributed by atoms with E-state index in [1.165, 1.54) is 0 Å². The van der Waals surface area contributed by atoms with E-state index in [1.807, 2.05) is 37.3 Å². The number of methoxy groups -OCH3 is 1. The Morgan fingerprint density at radius 3 is 2.67 bits per heavy atom. The fourth-order valence-corrected chi connectivity index (χ4v) is 2.27. The topological polar surface area (TPSA) is 47.6 Å². The Labute approximate surface area is 132 Å². The van der Waals surface area contributed by atoms with Crippen LogP contribution in [0.1, 0.15) is 5.56 Å². The molecule has 0 aromatic heterocycles. The molecule has 0 bridgehead atoms. The van der Waals surface area contributed by atoms with E-state index in [2.05, 4.69) is 21.2 Å². The molecule has 0 atom stereocenters. The van der Waals surface area contributed by atoms with Crippen LogP contribution in [0.4, 0.5) is 5.69 Å². The number of amides is 1. The molecule has 0 saturated heterocycles. The molecule has 0 saturated carbocycles. The van der Waals surface area contributed by atoms with E-state index in [4.69, 9.17) is 9.47 Å². The van der Waals surface area contributed by atoms with Crippen LogP contribution in [0.25, 0.3) is 0 Å². The summed E-state index contributed by atoms with van der Waals surface area (Å²) >= 11 is 3.39. The largest absolute Gasteiger partial charge is 0.497 e. The highest BCUT2D eigenvalue weighted by Crippen LogP contribution is 2.21. The molecule has 5 heteroatoms. The van der Waals surface area contributed by atoms with Crippen LogP contribution in [-0.4, -0.2) is 19.6 Å². The summed E-state index contributed by atoms with van der Waals surface area (Å²) in [5.41, 5.74) is 1.76. The van der Waals surface area contributed by atoms with E-state index >= 15 is 0 Å². The number of nitrogens with one attached hydrogen (secondary N) is 1. The number of rotatable bonds is 5. The van der Waals surface area contributed by atoms with Gasteiger partial charge in [-0.3, -0.25) is 4.79 Å². The molecule has 0 spiro atoms. The fourth-order valence-electron chi connectivity index (χ4n) is 1.79. The van der Waals surface area contributed by atoms with E-state index in [-0.39, 0.29) is 12.5 Å². The van der Waals surface area contributed by atoms with Crippen LogP contribution in [0.5, 0.6) is 11.5 Å². The molecule has 0 aliphatic heterocycles. The van der Waals surface area contributed by atoms with Crippen molar-refractivity contribution in [1.82, 2.24) is 0 Å². The Kier molecular flexibility index (Phi) is 5.22. The van der Waals surface area contributed by atoms with Gasteiger partial charge in [-0.15, -0.1) is 0 Å². The number of anilines is 1. The van der Waals surface area contributed by atoms with Gasteiger partial charge in [0.1, 0.15) is 11.5 Å². The number of aryl methyl sites for hydroxylation is 1. The van der Waals surface area contributed by atoms with Crippen LogP contribution < -0.4 is 14.8 Å². The molecule has 4 nitrogen and oxygen atoms in total. The van der Waals surface area contributed by atoms with E-state index < -0.39 is 0 Å². The molecule has 1 N–H and O–H groups in total. The summed E-state index contributed by atoms with van der Waals surface area (Å²) in [6.45, 7) is 1.88. The number of carbonyl (C=O) groups is 1. The average Bonchev–Trinajstić information content (AvgIpc) is 2.48. The Bertz CT molecular complexity index is 643. The van der Waals surface area contributed by atoms with E-state index in [0.29, 0.717) is 11.5 Å². The quantitative estimate of drug-likeness (QED) is 0.893. The third-order valence-electron chi connectivity index (χ3n) is 2.87. The van der Waals surface area contributed by atoms with Gasteiger partial charge >= 0.3 is 0 Å². The molecule has 2 rings (SSSR count). The third kappa shape index (κ3) is 4.49. The van der Waals surface area contributed by atoms with Gasteiger partial charge < -0.3 is 14.8 Å². The third-order valence-corrected chi connectivity index (χ3v) is 3.37. The van der Waals surface area contributed by atoms with Gasteiger partial charge in [0.15, 0.2) is 6.61 Å². The van der Waals surface area contributed by atoms with Crippen molar-refractivity contribution in [2.24, 2.45) is 0 Å². The number of hydrogen-bond acceptors (Lipinski definition) is 3. The number of halogens is 1. The van der Waals surface area contributed by atoms with Crippen molar-refractivity contribution in [1.29, 1.82) is 0 Å².